The third kappa shape index (κ3) is 7.97. The number of nitrogens with zero attached hydrogens (tertiary/aromatic N) is 1. The molecule has 1 heterocycles. The smallest absolute Gasteiger partial charge is 0.260 e. The van der Waals surface area contributed by atoms with E-state index < -0.39 is 5.91 Å². The van der Waals surface area contributed by atoms with E-state index in [0.29, 0.717) is 24.2 Å². The van der Waals surface area contributed by atoms with Gasteiger partial charge in [0.15, 0.2) is 6.61 Å². The fraction of sp³-hybridized carbons (Fsp3) is 0.480. The van der Waals surface area contributed by atoms with Gasteiger partial charge in [0.1, 0.15) is 11.5 Å². The van der Waals surface area contributed by atoms with Gasteiger partial charge < -0.3 is 25.7 Å². The average molecular weight is 456 g/mol. The van der Waals surface area contributed by atoms with Crippen LogP contribution in [-0.4, -0.2) is 46.9 Å². The summed E-state index contributed by atoms with van der Waals surface area (Å²) in [5.41, 5.74) is 0.974. The van der Waals surface area contributed by atoms with Gasteiger partial charge in [-0.1, -0.05) is 42.6 Å². The molecule has 0 aromatic heterocycles. The Morgan fingerprint density at radius 2 is 1.85 bits per heavy atom. The minimum absolute atomic E-state index is 0.0879. The molecule has 1 aromatic carbocycles. The van der Waals surface area contributed by atoms with Crippen molar-refractivity contribution in [2.24, 2.45) is 5.16 Å². The highest BCUT2D eigenvalue weighted by Gasteiger charge is 2.19. The second-order valence-electron chi connectivity index (χ2n) is 8.43. The van der Waals surface area contributed by atoms with Crippen LogP contribution in [0.5, 0.6) is 11.5 Å². The summed E-state index contributed by atoms with van der Waals surface area (Å²) >= 11 is 0. The minimum Gasteiger partial charge on any atom is -0.508 e. The van der Waals surface area contributed by atoms with Gasteiger partial charge >= 0.3 is 0 Å². The van der Waals surface area contributed by atoms with Crippen LogP contribution in [0.4, 0.5) is 0 Å². The maximum absolute atomic E-state index is 12.7. The summed E-state index contributed by atoms with van der Waals surface area (Å²) in [6, 6.07) is 2.76. The first kappa shape index (κ1) is 24.4. The van der Waals surface area contributed by atoms with Crippen LogP contribution in [0.2, 0.25) is 0 Å². The summed E-state index contributed by atoms with van der Waals surface area (Å²) in [4.78, 5) is 30.2. The van der Waals surface area contributed by atoms with Crippen molar-refractivity contribution in [3.05, 3.63) is 47.6 Å². The van der Waals surface area contributed by atoms with E-state index >= 15 is 0 Å². The summed E-state index contributed by atoms with van der Waals surface area (Å²) in [7, 11) is 0. The van der Waals surface area contributed by atoms with Crippen LogP contribution in [0, 0.1) is 0 Å². The molecule has 0 radical (unpaired) electrons. The number of nitrogens with one attached hydrogen (secondary N) is 2. The maximum Gasteiger partial charge on any atom is 0.260 e. The fourth-order valence-electron chi connectivity index (χ4n) is 4.08. The van der Waals surface area contributed by atoms with Crippen molar-refractivity contribution < 1.29 is 24.6 Å². The Balaban J connectivity index is 1.75. The first-order valence-electron chi connectivity index (χ1n) is 11.7. The van der Waals surface area contributed by atoms with E-state index in [-0.39, 0.29) is 42.0 Å². The number of allylic oxidation sites excluding steroid dienone is 3. The number of rotatable bonds is 4. The van der Waals surface area contributed by atoms with Gasteiger partial charge in [-0.15, -0.1) is 0 Å². The van der Waals surface area contributed by atoms with Crippen LogP contribution in [-0.2, 0) is 16.1 Å². The van der Waals surface area contributed by atoms with Gasteiger partial charge in [0.25, 0.3) is 11.8 Å². The van der Waals surface area contributed by atoms with Crippen LogP contribution < -0.4 is 10.6 Å². The molecule has 1 fully saturated rings. The largest absolute Gasteiger partial charge is 0.508 e. The first-order valence-corrected chi connectivity index (χ1v) is 11.7. The van der Waals surface area contributed by atoms with Crippen molar-refractivity contribution in [3.63, 3.8) is 0 Å². The molecule has 0 saturated heterocycles. The number of benzene rings is 1. The molecule has 0 atom stereocenters. The molecule has 0 unspecified atom stereocenters. The number of hydrogen-bond donors (Lipinski definition) is 4. The molecule has 0 spiro atoms. The van der Waals surface area contributed by atoms with Gasteiger partial charge in [-0.3, -0.25) is 9.59 Å². The Bertz CT molecular complexity index is 917. The number of phenols is 2. The highest BCUT2D eigenvalue weighted by atomic mass is 16.6. The van der Waals surface area contributed by atoms with Crippen molar-refractivity contribution in [2.45, 2.75) is 63.8 Å². The van der Waals surface area contributed by atoms with Crippen molar-refractivity contribution in [1.29, 1.82) is 0 Å². The first-order chi connectivity index (χ1) is 16.0. The lowest BCUT2D eigenvalue weighted by molar-refractivity contribution is -0.126. The summed E-state index contributed by atoms with van der Waals surface area (Å²) < 4.78 is 0. The Hall–Kier alpha value is -3.29. The molecule has 1 aromatic rings. The van der Waals surface area contributed by atoms with E-state index in [1.807, 2.05) is 12.2 Å². The zero-order valence-corrected chi connectivity index (χ0v) is 18.9. The van der Waals surface area contributed by atoms with Crippen molar-refractivity contribution >= 4 is 17.5 Å². The molecule has 8 nitrogen and oxygen atoms in total. The standard InChI is InChI=1S/C25H33N3O5/c29-21-15-18-14-20(28-33-17-23(31)27-19-10-7-5-8-11-19)12-6-3-1-2-4-9-13-26-25(32)24(18)22(30)16-21/h2,4,6,12,15-16,19,29-30H,1,3,5,7-11,13-14,17H2,(H,26,32)(H,27,31)/b4-2+,12-6+,28-20+. The van der Waals surface area contributed by atoms with Gasteiger partial charge in [0, 0.05) is 25.1 Å². The van der Waals surface area contributed by atoms with E-state index in [1.54, 1.807) is 6.08 Å². The number of amides is 2. The molecule has 2 amide bonds. The van der Waals surface area contributed by atoms with Gasteiger partial charge in [-0.05, 0) is 49.8 Å². The Morgan fingerprint density at radius 3 is 2.67 bits per heavy atom. The summed E-state index contributed by atoms with van der Waals surface area (Å²) in [5, 5.41) is 30.2. The van der Waals surface area contributed by atoms with E-state index in [1.165, 1.54) is 12.5 Å². The second kappa shape index (κ2) is 12.7. The molecule has 1 saturated carbocycles. The average Bonchev–Trinajstić information content (AvgIpc) is 2.77. The zero-order valence-electron chi connectivity index (χ0n) is 18.9. The van der Waals surface area contributed by atoms with Gasteiger partial charge in [0.2, 0.25) is 0 Å². The molecule has 0 bridgehead atoms. The van der Waals surface area contributed by atoms with Crippen LogP contribution in [0.25, 0.3) is 0 Å². The molecular formula is C25H33N3O5. The van der Waals surface area contributed by atoms with Gasteiger partial charge in [-0.25, -0.2) is 0 Å². The van der Waals surface area contributed by atoms with Crippen LogP contribution >= 0.6 is 0 Å². The van der Waals surface area contributed by atoms with E-state index in [2.05, 4.69) is 21.9 Å². The molecule has 2 aliphatic rings. The lowest BCUT2D eigenvalue weighted by Gasteiger charge is -2.22. The van der Waals surface area contributed by atoms with Crippen LogP contribution in [0.15, 0.2) is 41.6 Å². The Morgan fingerprint density at radius 1 is 1.09 bits per heavy atom. The van der Waals surface area contributed by atoms with Crippen molar-refractivity contribution in [2.75, 3.05) is 13.2 Å². The lowest BCUT2D eigenvalue weighted by atomic mass is 9.95. The Labute approximate surface area is 194 Å². The summed E-state index contributed by atoms with van der Waals surface area (Å²) in [6.45, 7) is 0.236. The van der Waals surface area contributed by atoms with Crippen molar-refractivity contribution in [3.8, 4) is 11.5 Å². The predicted molar refractivity (Wildman–Crippen MR) is 126 cm³/mol. The highest BCUT2D eigenvalue weighted by molar-refractivity contribution is 6.02. The number of oxime groups is 1. The van der Waals surface area contributed by atoms with Crippen molar-refractivity contribution in [1.82, 2.24) is 10.6 Å². The quantitative estimate of drug-likeness (QED) is 0.409. The fourth-order valence-corrected chi connectivity index (χ4v) is 4.08. The molecule has 3 rings (SSSR count). The SMILES string of the molecule is O=C(CO/N=C1\C=C\CC/C=C/CCNC(=O)c2c(O)cc(O)cc2C1)NC1CCCCC1. The number of aromatic hydroxyl groups is 2. The number of phenolic OH excluding ortho intramolecular Hbond substituents is 2. The number of hydrogen-bond acceptors (Lipinski definition) is 6. The molecule has 4 N–H and O–H groups in total. The van der Waals surface area contributed by atoms with Gasteiger partial charge in [0.05, 0.1) is 11.3 Å². The van der Waals surface area contributed by atoms with E-state index in [0.717, 1.165) is 44.6 Å². The highest BCUT2D eigenvalue weighted by Crippen LogP contribution is 2.28. The molecule has 178 valence electrons. The summed E-state index contributed by atoms with van der Waals surface area (Å²) in [5.74, 6) is -1.10. The number of fused-ring (bicyclic) bond motifs is 1. The van der Waals surface area contributed by atoms with E-state index in [9.17, 15) is 19.8 Å². The lowest BCUT2D eigenvalue weighted by Crippen LogP contribution is -2.38. The van der Waals surface area contributed by atoms with Gasteiger partial charge in [-0.2, -0.15) is 0 Å². The Kier molecular flexibility index (Phi) is 9.35. The molecular weight excluding hydrogens is 422 g/mol. The topological polar surface area (TPSA) is 120 Å². The predicted octanol–water partition coefficient (Wildman–Crippen LogP) is 3.49. The van der Waals surface area contributed by atoms with Crippen LogP contribution in [0.3, 0.4) is 0 Å². The summed E-state index contributed by atoms with van der Waals surface area (Å²) in [6.07, 6.45) is 15.7. The normalized spacial score (nSPS) is 21.3. The number of carbonyl (C=O) groups excluding carboxylic acids is 2. The monoisotopic (exact) mass is 455 g/mol. The third-order valence-corrected chi connectivity index (χ3v) is 5.70. The maximum atomic E-state index is 12.7. The van der Waals surface area contributed by atoms with E-state index in [4.69, 9.17) is 4.84 Å². The molecule has 1 aliphatic heterocycles. The second-order valence-corrected chi connectivity index (χ2v) is 8.43. The molecule has 1 aliphatic carbocycles. The number of carbonyl (C=O) groups is 2. The third-order valence-electron chi connectivity index (χ3n) is 5.70. The minimum atomic E-state index is -0.427. The molecule has 33 heavy (non-hydrogen) atoms. The zero-order chi connectivity index (χ0) is 23.5. The van der Waals surface area contributed by atoms with Crippen LogP contribution in [0.1, 0.15) is 67.3 Å². The molecule has 8 heteroatoms.